The summed E-state index contributed by atoms with van der Waals surface area (Å²) in [6.45, 7) is 4.40. The Morgan fingerprint density at radius 2 is 2.00 bits per heavy atom. The molecule has 3 heteroatoms. The van der Waals surface area contributed by atoms with Crippen molar-refractivity contribution in [3.63, 3.8) is 0 Å². The Bertz CT molecular complexity index is 282. The van der Waals surface area contributed by atoms with Gasteiger partial charge < -0.3 is 10.6 Å². The fourth-order valence-electron chi connectivity index (χ4n) is 1.69. The third-order valence-electron chi connectivity index (χ3n) is 2.64. The van der Waals surface area contributed by atoms with Crippen LogP contribution in [0.2, 0.25) is 0 Å². The molecule has 14 heavy (non-hydrogen) atoms. The molecule has 1 aromatic heterocycles. The maximum Gasteiger partial charge on any atom is 0.0573 e. The summed E-state index contributed by atoms with van der Waals surface area (Å²) >= 11 is 0. The van der Waals surface area contributed by atoms with Crippen LogP contribution in [-0.4, -0.2) is 18.1 Å². The summed E-state index contributed by atoms with van der Waals surface area (Å²) in [7, 11) is 2.09. The van der Waals surface area contributed by atoms with Gasteiger partial charge >= 0.3 is 0 Å². The van der Waals surface area contributed by atoms with E-state index in [4.69, 9.17) is 5.73 Å². The molecule has 0 aliphatic rings. The molecule has 0 spiro atoms. The highest BCUT2D eigenvalue weighted by atomic mass is 15.1. The number of hydrogen-bond donors (Lipinski definition) is 1. The highest BCUT2D eigenvalue weighted by molar-refractivity contribution is 5.53. The van der Waals surface area contributed by atoms with Gasteiger partial charge in [-0.05, 0) is 18.9 Å². The van der Waals surface area contributed by atoms with E-state index >= 15 is 0 Å². The van der Waals surface area contributed by atoms with Gasteiger partial charge in [-0.15, -0.1) is 0 Å². The molecule has 0 aliphatic heterocycles. The molecule has 0 radical (unpaired) electrons. The molecular formula is C11H19N3. The van der Waals surface area contributed by atoms with Crippen molar-refractivity contribution >= 4 is 11.4 Å². The summed E-state index contributed by atoms with van der Waals surface area (Å²) in [4.78, 5) is 6.33. The molecule has 0 unspecified atom stereocenters. The van der Waals surface area contributed by atoms with E-state index < -0.39 is 0 Å². The van der Waals surface area contributed by atoms with Crippen molar-refractivity contribution in [3.05, 3.63) is 18.5 Å². The first-order chi connectivity index (χ1) is 6.69. The van der Waals surface area contributed by atoms with Crippen LogP contribution in [0.15, 0.2) is 18.5 Å². The zero-order valence-electron chi connectivity index (χ0n) is 9.20. The summed E-state index contributed by atoms with van der Waals surface area (Å²) in [6, 6.07) is 2.53. The minimum atomic E-state index is 0.568. The minimum absolute atomic E-state index is 0.568. The topological polar surface area (TPSA) is 42.2 Å². The van der Waals surface area contributed by atoms with Crippen LogP contribution < -0.4 is 10.6 Å². The Morgan fingerprint density at radius 3 is 2.50 bits per heavy atom. The van der Waals surface area contributed by atoms with Crippen molar-refractivity contribution < 1.29 is 0 Å². The van der Waals surface area contributed by atoms with E-state index in [1.54, 1.807) is 6.20 Å². The van der Waals surface area contributed by atoms with Gasteiger partial charge in [0.2, 0.25) is 0 Å². The van der Waals surface area contributed by atoms with Crippen LogP contribution in [0.4, 0.5) is 11.4 Å². The van der Waals surface area contributed by atoms with E-state index in [2.05, 4.69) is 30.8 Å². The monoisotopic (exact) mass is 193 g/mol. The van der Waals surface area contributed by atoms with Crippen LogP contribution in [-0.2, 0) is 0 Å². The van der Waals surface area contributed by atoms with Crippen LogP contribution >= 0.6 is 0 Å². The predicted molar refractivity (Wildman–Crippen MR) is 61.4 cm³/mol. The van der Waals surface area contributed by atoms with Crippen molar-refractivity contribution in [2.75, 3.05) is 17.7 Å². The van der Waals surface area contributed by atoms with Gasteiger partial charge in [0.15, 0.2) is 0 Å². The first-order valence-electron chi connectivity index (χ1n) is 5.12. The standard InChI is InChI=1S/C11H19N3/c1-4-10(5-2)14(3)11-6-9(12)7-13-8-11/h6-8,10H,4-5,12H2,1-3H3. The molecule has 0 bridgehead atoms. The molecule has 0 aromatic carbocycles. The maximum absolute atomic E-state index is 5.69. The Balaban J connectivity index is 2.82. The number of nitrogens with zero attached hydrogens (tertiary/aromatic N) is 2. The zero-order chi connectivity index (χ0) is 10.6. The summed E-state index contributed by atoms with van der Waals surface area (Å²) in [5, 5.41) is 0. The van der Waals surface area contributed by atoms with E-state index in [0.29, 0.717) is 6.04 Å². The molecule has 3 nitrogen and oxygen atoms in total. The Kier molecular flexibility index (Phi) is 3.74. The molecule has 78 valence electrons. The molecule has 0 saturated heterocycles. The second-order valence-electron chi connectivity index (χ2n) is 3.56. The second kappa shape index (κ2) is 4.84. The van der Waals surface area contributed by atoms with Crippen molar-refractivity contribution in [2.45, 2.75) is 32.7 Å². The van der Waals surface area contributed by atoms with Gasteiger partial charge in [0.05, 0.1) is 17.6 Å². The maximum atomic E-state index is 5.69. The van der Waals surface area contributed by atoms with Crippen LogP contribution in [0, 0.1) is 0 Å². The average Bonchev–Trinajstić information content (AvgIpc) is 2.19. The van der Waals surface area contributed by atoms with Crippen molar-refractivity contribution in [1.29, 1.82) is 0 Å². The van der Waals surface area contributed by atoms with E-state index in [-0.39, 0.29) is 0 Å². The number of nitrogen functional groups attached to an aromatic ring is 1. The van der Waals surface area contributed by atoms with Gasteiger partial charge in [0.1, 0.15) is 0 Å². The van der Waals surface area contributed by atoms with E-state index in [1.807, 2.05) is 12.3 Å². The summed E-state index contributed by atoms with van der Waals surface area (Å²) in [6.07, 6.45) is 5.81. The van der Waals surface area contributed by atoms with Crippen molar-refractivity contribution in [3.8, 4) is 0 Å². The highest BCUT2D eigenvalue weighted by Gasteiger charge is 2.11. The summed E-state index contributed by atoms with van der Waals surface area (Å²) < 4.78 is 0. The SMILES string of the molecule is CCC(CC)N(C)c1cncc(N)c1. The molecule has 1 aromatic rings. The number of nitrogens with two attached hydrogens (primary N) is 1. The Morgan fingerprint density at radius 1 is 1.36 bits per heavy atom. The number of anilines is 2. The molecular weight excluding hydrogens is 174 g/mol. The largest absolute Gasteiger partial charge is 0.397 e. The summed E-state index contributed by atoms with van der Waals surface area (Å²) in [5.74, 6) is 0. The highest BCUT2D eigenvalue weighted by Crippen LogP contribution is 2.19. The molecule has 2 N–H and O–H groups in total. The van der Waals surface area contributed by atoms with Crippen molar-refractivity contribution in [2.24, 2.45) is 0 Å². The third-order valence-corrected chi connectivity index (χ3v) is 2.64. The lowest BCUT2D eigenvalue weighted by atomic mass is 10.1. The first kappa shape index (κ1) is 10.8. The van der Waals surface area contributed by atoms with Gasteiger partial charge in [-0.1, -0.05) is 13.8 Å². The quantitative estimate of drug-likeness (QED) is 0.797. The van der Waals surface area contributed by atoms with E-state index in [9.17, 15) is 0 Å². The van der Waals surface area contributed by atoms with Gasteiger partial charge in [0.25, 0.3) is 0 Å². The number of hydrogen-bond acceptors (Lipinski definition) is 3. The number of rotatable bonds is 4. The molecule has 0 atom stereocenters. The Hall–Kier alpha value is -1.25. The second-order valence-corrected chi connectivity index (χ2v) is 3.56. The van der Waals surface area contributed by atoms with Crippen LogP contribution in [0.1, 0.15) is 26.7 Å². The number of pyridine rings is 1. The van der Waals surface area contributed by atoms with Crippen LogP contribution in [0.25, 0.3) is 0 Å². The first-order valence-corrected chi connectivity index (χ1v) is 5.12. The van der Waals surface area contributed by atoms with Gasteiger partial charge in [-0.3, -0.25) is 4.98 Å². The lowest BCUT2D eigenvalue weighted by Crippen LogP contribution is -2.30. The number of aromatic nitrogens is 1. The molecule has 0 fully saturated rings. The zero-order valence-corrected chi connectivity index (χ0v) is 9.20. The van der Waals surface area contributed by atoms with Crippen LogP contribution in [0.3, 0.4) is 0 Å². The fraction of sp³-hybridized carbons (Fsp3) is 0.545. The molecule has 0 saturated carbocycles. The third kappa shape index (κ3) is 2.37. The van der Waals surface area contributed by atoms with E-state index in [1.165, 1.54) is 0 Å². The normalized spacial score (nSPS) is 10.6. The lowest BCUT2D eigenvalue weighted by Gasteiger charge is -2.28. The van der Waals surface area contributed by atoms with Crippen molar-refractivity contribution in [1.82, 2.24) is 4.98 Å². The minimum Gasteiger partial charge on any atom is -0.397 e. The van der Waals surface area contributed by atoms with Gasteiger partial charge in [-0.25, -0.2) is 0 Å². The van der Waals surface area contributed by atoms with Gasteiger partial charge in [-0.2, -0.15) is 0 Å². The van der Waals surface area contributed by atoms with Crippen LogP contribution in [0.5, 0.6) is 0 Å². The fourth-order valence-corrected chi connectivity index (χ4v) is 1.69. The smallest absolute Gasteiger partial charge is 0.0573 e. The summed E-state index contributed by atoms with van der Waals surface area (Å²) in [5.41, 5.74) is 7.51. The molecule has 0 amide bonds. The average molecular weight is 193 g/mol. The lowest BCUT2D eigenvalue weighted by molar-refractivity contribution is 0.591. The van der Waals surface area contributed by atoms with E-state index in [0.717, 1.165) is 24.2 Å². The Labute approximate surface area is 85.9 Å². The molecule has 0 aliphatic carbocycles. The molecule has 1 rings (SSSR count). The molecule has 1 heterocycles. The van der Waals surface area contributed by atoms with Gasteiger partial charge in [0, 0.05) is 19.3 Å². The predicted octanol–water partition coefficient (Wildman–Crippen LogP) is 2.29.